The van der Waals surface area contributed by atoms with Crippen LogP contribution in [-0.2, 0) is 13.0 Å². The summed E-state index contributed by atoms with van der Waals surface area (Å²) in [6.07, 6.45) is 0.830. The van der Waals surface area contributed by atoms with Crippen molar-refractivity contribution in [1.82, 2.24) is 4.90 Å². The Bertz CT molecular complexity index is 712. The number of phenolic OH excluding ortho intramolecular Hbond substituents is 1. The van der Waals surface area contributed by atoms with E-state index >= 15 is 0 Å². The van der Waals surface area contributed by atoms with Gasteiger partial charge in [-0.1, -0.05) is 22.0 Å². The maximum atomic E-state index is 12.7. The van der Waals surface area contributed by atoms with Crippen molar-refractivity contribution in [3.05, 3.63) is 63.1 Å². The molecule has 0 bridgehead atoms. The van der Waals surface area contributed by atoms with Crippen molar-refractivity contribution >= 4 is 21.8 Å². The van der Waals surface area contributed by atoms with Crippen LogP contribution in [0.25, 0.3) is 0 Å². The van der Waals surface area contributed by atoms with E-state index in [9.17, 15) is 9.90 Å². The van der Waals surface area contributed by atoms with Gasteiger partial charge in [0.2, 0.25) is 0 Å². The number of aryl methyl sites for hydroxylation is 1. The van der Waals surface area contributed by atoms with Crippen LogP contribution < -0.4 is 0 Å². The number of aromatic hydroxyl groups is 1. The molecule has 1 N–H and O–H groups in total. The highest BCUT2D eigenvalue weighted by atomic mass is 79.9. The summed E-state index contributed by atoms with van der Waals surface area (Å²) in [4.78, 5) is 14.5. The molecule has 0 radical (unpaired) electrons. The van der Waals surface area contributed by atoms with Gasteiger partial charge in [-0.15, -0.1) is 0 Å². The Morgan fingerprint density at radius 2 is 2.00 bits per heavy atom. The van der Waals surface area contributed by atoms with Crippen molar-refractivity contribution in [2.45, 2.75) is 19.9 Å². The first-order chi connectivity index (χ1) is 10.0. The van der Waals surface area contributed by atoms with Gasteiger partial charge in [0, 0.05) is 23.1 Å². The minimum absolute atomic E-state index is 0.0500. The zero-order chi connectivity index (χ0) is 15.0. The molecule has 1 aliphatic heterocycles. The number of phenols is 1. The van der Waals surface area contributed by atoms with Gasteiger partial charge in [-0.05, 0) is 60.4 Å². The molecule has 2 aromatic carbocycles. The molecule has 108 valence electrons. The molecule has 0 saturated heterocycles. The summed E-state index contributed by atoms with van der Waals surface area (Å²) in [5, 5.41) is 9.60. The first kappa shape index (κ1) is 14.1. The molecule has 1 aliphatic rings. The van der Waals surface area contributed by atoms with Crippen LogP contribution in [0.5, 0.6) is 5.75 Å². The Balaban J connectivity index is 1.87. The summed E-state index contributed by atoms with van der Waals surface area (Å²) in [6, 6.07) is 11.1. The quantitative estimate of drug-likeness (QED) is 0.856. The number of carbonyl (C=O) groups excluding carboxylic acids is 1. The van der Waals surface area contributed by atoms with Crippen LogP contribution in [0.3, 0.4) is 0 Å². The molecule has 4 heteroatoms. The highest BCUT2D eigenvalue weighted by Gasteiger charge is 2.23. The largest absolute Gasteiger partial charge is 0.508 e. The van der Waals surface area contributed by atoms with Crippen LogP contribution in [0.2, 0.25) is 0 Å². The normalized spacial score (nSPS) is 13.9. The van der Waals surface area contributed by atoms with E-state index in [0.29, 0.717) is 13.1 Å². The lowest BCUT2D eigenvalue weighted by Crippen LogP contribution is -2.36. The number of fused-ring (bicyclic) bond motifs is 1. The molecule has 0 spiro atoms. The number of amides is 1. The molecule has 3 nitrogen and oxygen atoms in total. The molecule has 1 heterocycles. The second-order valence-electron chi connectivity index (χ2n) is 5.39. The molecular weight excluding hydrogens is 330 g/mol. The van der Waals surface area contributed by atoms with Gasteiger partial charge in [0.15, 0.2) is 0 Å². The maximum absolute atomic E-state index is 12.7. The predicted molar refractivity (Wildman–Crippen MR) is 85.4 cm³/mol. The number of benzene rings is 2. The van der Waals surface area contributed by atoms with Crippen molar-refractivity contribution in [1.29, 1.82) is 0 Å². The van der Waals surface area contributed by atoms with Crippen molar-refractivity contribution in [3.63, 3.8) is 0 Å². The van der Waals surface area contributed by atoms with Crippen LogP contribution in [0.4, 0.5) is 0 Å². The highest BCUT2D eigenvalue weighted by Crippen LogP contribution is 2.25. The van der Waals surface area contributed by atoms with E-state index in [2.05, 4.69) is 15.9 Å². The molecule has 2 aromatic rings. The first-order valence-electron chi connectivity index (χ1n) is 6.91. The third-order valence-electron chi connectivity index (χ3n) is 3.91. The van der Waals surface area contributed by atoms with Crippen LogP contribution >= 0.6 is 15.9 Å². The summed E-state index contributed by atoms with van der Waals surface area (Å²) < 4.78 is 0.977. The van der Waals surface area contributed by atoms with Gasteiger partial charge in [-0.3, -0.25) is 4.79 Å². The van der Waals surface area contributed by atoms with Crippen LogP contribution in [0.15, 0.2) is 40.9 Å². The number of carbonyl (C=O) groups is 1. The third kappa shape index (κ3) is 2.81. The van der Waals surface area contributed by atoms with E-state index in [1.165, 1.54) is 5.56 Å². The molecule has 0 atom stereocenters. The Kier molecular flexibility index (Phi) is 3.72. The Morgan fingerprint density at radius 1 is 1.19 bits per heavy atom. The molecule has 1 amide bonds. The molecule has 0 fully saturated rings. The Labute approximate surface area is 132 Å². The smallest absolute Gasteiger partial charge is 0.254 e. The number of nitrogens with zero attached hydrogens (tertiary/aromatic N) is 1. The van der Waals surface area contributed by atoms with E-state index in [0.717, 1.165) is 27.6 Å². The van der Waals surface area contributed by atoms with Crippen LogP contribution in [0.1, 0.15) is 27.0 Å². The number of hydrogen-bond acceptors (Lipinski definition) is 2. The number of hydrogen-bond donors (Lipinski definition) is 1. The molecule has 0 saturated carbocycles. The molecule has 0 aromatic heterocycles. The van der Waals surface area contributed by atoms with E-state index in [1.807, 2.05) is 36.1 Å². The van der Waals surface area contributed by atoms with Crippen LogP contribution in [0, 0.1) is 6.92 Å². The average molecular weight is 346 g/mol. The molecule has 0 aliphatic carbocycles. The second-order valence-corrected chi connectivity index (χ2v) is 6.30. The lowest BCUT2D eigenvalue weighted by Gasteiger charge is -2.29. The summed E-state index contributed by atoms with van der Waals surface area (Å²) in [6.45, 7) is 3.21. The van der Waals surface area contributed by atoms with E-state index in [-0.39, 0.29) is 11.7 Å². The SMILES string of the molecule is Cc1cc(Br)ccc1C(=O)N1CCc2ccc(O)cc2C1. The first-order valence-corrected chi connectivity index (χ1v) is 7.70. The lowest BCUT2D eigenvalue weighted by atomic mass is 9.98. The predicted octanol–water partition coefficient (Wildman–Crippen LogP) is 3.66. The van der Waals surface area contributed by atoms with Gasteiger partial charge >= 0.3 is 0 Å². The average Bonchev–Trinajstić information content (AvgIpc) is 2.46. The monoisotopic (exact) mass is 345 g/mol. The van der Waals surface area contributed by atoms with E-state index < -0.39 is 0 Å². The van der Waals surface area contributed by atoms with Crippen molar-refractivity contribution in [3.8, 4) is 5.75 Å². The lowest BCUT2D eigenvalue weighted by molar-refractivity contribution is 0.0733. The number of rotatable bonds is 1. The Morgan fingerprint density at radius 3 is 2.76 bits per heavy atom. The van der Waals surface area contributed by atoms with Crippen LogP contribution in [-0.4, -0.2) is 22.5 Å². The summed E-state index contributed by atoms with van der Waals surface area (Å²) >= 11 is 3.42. The van der Waals surface area contributed by atoms with Gasteiger partial charge in [-0.2, -0.15) is 0 Å². The Hall–Kier alpha value is -1.81. The van der Waals surface area contributed by atoms with Gasteiger partial charge in [0.25, 0.3) is 5.91 Å². The second kappa shape index (κ2) is 5.53. The maximum Gasteiger partial charge on any atom is 0.254 e. The molecule has 0 unspecified atom stereocenters. The van der Waals surface area contributed by atoms with E-state index in [1.54, 1.807) is 12.1 Å². The van der Waals surface area contributed by atoms with Gasteiger partial charge < -0.3 is 10.0 Å². The van der Waals surface area contributed by atoms with E-state index in [4.69, 9.17) is 0 Å². The zero-order valence-corrected chi connectivity index (χ0v) is 13.4. The fourth-order valence-corrected chi connectivity index (χ4v) is 3.23. The summed E-state index contributed by atoms with van der Waals surface area (Å²) in [7, 11) is 0. The molecular formula is C17H16BrNO2. The van der Waals surface area contributed by atoms with Crippen molar-refractivity contribution in [2.24, 2.45) is 0 Å². The number of halogens is 1. The third-order valence-corrected chi connectivity index (χ3v) is 4.40. The summed E-state index contributed by atoms with van der Waals surface area (Å²) in [5.41, 5.74) is 3.95. The minimum atomic E-state index is 0.0500. The fraction of sp³-hybridized carbons (Fsp3) is 0.235. The topological polar surface area (TPSA) is 40.5 Å². The fourth-order valence-electron chi connectivity index (χ4n) is 2.75. The van der Waals surface area contributed by atoms with Crippen molar-refractivity contribution in [2.75, 3.05) is 6.54 Å². The molecule has 21 heavy (non-hydrogen) atoms. The summed E-state index contributed by atoms with van der Waals surface area (Å²) in [5.74, 6) is 0.303. The zero-order valence-electron chi connectivity index (χ0n) is 11.8. The minimum Gasteiger partial charge on any atom is -0.508 e. The van der Waals surface area contributed by atoms with Gasteiger partial charge in [0.1, 0.15) is 5.75 Å². The van der Waals surface area contributed by atoms with Gasteiger partial charge in [0.05, 0.1) is 0 Å². The molecule has 3 rings (SSSR count). The standard InChI is InChI=1S/C17H16BrNO2/c1-11-8-14(18)3-5-16(11)17(21)19-7-6-12-2-4-15(20)9-13(12)10-19/h2-5,8-9,20H,6-7,10H2,1H3. The van der Waals surface area contributed by atoms with Gasteiger partial charge in [-0.25, -0.2) is 0 Å². The highest BCUT2D eigenvalue weighted by molar-refractivity contribution is 9.10. The van der Waals surface area contributed by atoms with Crippen molar-refractivity contribution < 1.29 is 9.90 Å².